The minimum atomic E-state index is -4.89. The molecule has 26 heavy (non-hydrogen) atoms. The summed E-state index contributed by atoms with van der Waals surface area (Å²) in [6.45, 7) is 0. The number of ether oxygens (including phenoxy) is 2. The van der Waals surface area contributed by atoms with Crippen LogP contribution in [0.1, 0.15) is 5.56 Å². The molecule has 5 nitrogen and oxygen atoms in total. The number of carbonyl (C=O) groups excluding carboxylic acids is 1. The van der Waals surface area contributed by atoms with Crippen LogP contribution in [-0.4, -0.2) is 19.4 Å². The Morgan fingerprint density at radius 1 is 1.19 bits per heavy atom. The number of rotatable bonds is 5. The SMILES string of the molecule is COc1cccc(NC(=O)/C(C#N)=C/c2ccccc2OC(F)(F)F)c1. The summed E-state index contributed by atoms with van der Waals surface area (Å²) >= 11 is 0. The first kappa shape index (κ1) is 18.9. The Kier molecular flexibility index (Phi) is 5.86. The molecule has 0 aliphatic carbocycles. The predicted octanol–water partition coefficient (Wildman–Crippen LogP) is 4.14. The van der Waals surface area contributed by atoms with Crippen LogP contribution in [0.5, 0.6) is 11.5 Å². The molecule has 0 saturated carbocycles. The maximum Gasteiger partial charge on any atom is 0.573 e. The van der Waals surface area contributed by atoms with E-state index in [0.717, 1.165) is 12.1 Å². The molecule has 134 valence electrons. The molecule has 0 heterocycles. The molecule has 8 heteroatoms. The number of nitrogens with one attached hydrogen (secondary N) is 1. The number of nitriles is 1. The summed E-state index contributed by atoms with van der Waals surface area (Å²) in [6.07, 6.45) is -3.86. The second-order valence-corrected chi connectivity index (χ2v) is 4.94. The summed E-state index contributed by atoms with van der Waals surface area (Å²) in [5.74, 6) is -0.793. The molecule has 0 fully saturated rings. The number of nitrogens with zero attached hydrogens (tertiary/aromatic N) is 1. The van der Waals surface area contributed by atoms with Crippen molar-refractivity contribution in [1.29, 1.82) is 5.26 Å². The normalized spacial score (nSPS) is 11.4. The number of alkyl halides is 3. The predicted molar refractivity (Wildman–Crippen MR) is 88.3 cm³/mol. The van der Waals surface area contributed by atoms with Gasteiger partial charge in [-0.15, -0.1) is 13.2 Å². The molecule has 2 aromatic rings. The van der Waals surface area contributed by atoms with Gasteiger partial charge in [0.25, 0.3) is 5.91 Å². The van der Waals surface area contributed by atoms with Gasteiger partial charge in [-0.1, -0.05) is 24.3 Å². The van der Waals surface area contributed by atoms with E-state index in [0.29, 0.717) is 11.4 Å². The molecule has 0 unspecified atom stereocenters. The van der Waals surface area contributed by atoms with Gasteiger partial charge in [0.15, 0.2) is 0 Å². The minimum absolute atomic E-state index is 0.0535. The van der Waals surface area contributed by atoms with Crippen molar-refractivity contribution in [1.82, 2.24) is 0 Å². The Bertz CT molecular complexity index is 870. The quantitative estimate of drug-likeness (QED) is 0.641. The fraction of sp³-hybridized carbons (Fsp3) is 0.111. The van der Waals surface area contributed by atoms with Gasteiger partial charge >= 0.3 is 6.36 Å². The van der Waals surface area contributed by atoms with Crippen molar-refractivity contribution in [2.75, 3.05) is 12.4 Å². The molecule has 0 saturated heterocycles. The molecule has 1 N–H and O–H groups in total. The number of carbonyl (C=O) groups is 1. The molecule has 0 aliphatic heterocycles. The first-order valence-corrected chi connectivity index (χ1v) is 7.24. The van der Waals surface area contributed by atoms with E-state index in [1.165, 1.54) is 31.4 Å². The fourth-order valence-electron chi connectivity index (χ4n) is 2.02. The monoisotopic (exact) mass is 362 g/mol. The second kappa shape index (κ2) is 8.07. The van der Waals surface area contributed by atoms with Crippen LogP contribution in [0.2, 0.25) is 0 Å². The number of methoxy groups -OCH3 is 1. The minimum Gasteiger partial charge on any atom is -0.497 e. The van der Waals surface area contributed by atoms with Gasteiger partial charge in [-0.3, -0.25) is 4.79 Å². The average molecular weight is 362 g/mol. The van der Waals surface area contributed by atoms with Gasteiger partial charge in [-0.25, -0.2) is 0 Å². The Balaban J connectivity index is 2.27. The lowest BCUT2D eigenvalue weighted by Crippen LogP contribution is -2.18. The average Bonchev–Trinajstić information content (AvgIpc) is 2.59. The third-order valence-electron chi connectivity index (χ3n) is 3.14. The topological polar surface area (TPSA) is 71.3 Å². The van der Waals surface area contributed by atoms with Crippen molar-refractivity contribution in [3.05, 3.63) is 59.7 Å². The first-order chi connectivity index (χ1) is 12.3. The number of hydrogen-bond donors (Lipinski definition) is 1. The Morgan fingerprint density at radius 3 is 2.58 bits per heavy atom. The van der Waals surface area contributed by atoms with E-state index < -0.39 is 18.0 Å². The van der Waals surface area contributed by atoms with Gasteiger partial charge in [-0.05, 0) is 24.3 Å². The van der Waals surface area contributed by atoms with E-state index in [1.54, 1.807) is 24.3 Å². The van der Waals surface area contributed by atoms with Crippen LogP contribution in [0.4, 0.5) is 18.9 Å². The maximum atomic E-state index is 12.5. The van der Waals surface area contributed by atoms with Crippen LogP contribution in [0.15, 0.2) is 54.1 Å². The summed E-state index contributed by atoms with van der Waals surface area (Å²) in [6, 6.07) is 13.3. The maximum absolute atomic E-state index is 12.5. The highest BCUT2D eigenvalue weighted by Crippen LogP contribution is 2.28. The molecular weight excluding hydrogens is 349 g/mol. The molecule has 2 rings (SSSR count). The summed E-state index contributed by atoms with van der Waals surface area (Å²) < 4.78 is 46.3. The van der Waals surface area contributed by atoms with Crippen molar-refractivity contribution >= 4 is 17.7 Å². The molecule has 0 atom stereocenters. The van der Waals surface area contributed by atoms with Gasteiger partial charge in [0, 0.05) is 17.3 Å². The number of hydrogen-bond acceptors (Lipinski definition) is 4. The van der Waals surface area contributed by atoms with Gasteiger partial charge in [0.1, 0.15) is 23.1 Å². The molecule has 0 radical (unpaired) electrons. The molecule has 1 amide bonds. The summed E-state index contributed by atoms with van der Waals surface area (Å²) in [7, 11) is 1.46. The van der Waals surface area contributed by atoms with Crippen LogP contribution in [0, 0.1) is 11.3 Å². The summed E-state index contributed by atoms with van der Waals surface area (Å²) in [5.41, 5.74) is -0.0662. The Hall–Kier alpha value is -3.47. The van der Waals surface area contributed by atoms with Gasteiger partial charge in [0.2, 0.25) is 0 Å². The summed E-state index contributed by atoms with van der Waals surface area (Å²) in [5, 5.41) is 11.7. The Labute approximate surface area is 147 Å². The highest BCUT2D eigenvalue weighted by atomic mass is 19.4. The van der Waals surface area contributed by atoms with E-state index in [2.05, 4.69) is 10.1 Å². The molecule has 0 bridgehead atoms. The van der Waals surface area contributed by atoms with Crippen LogP contribution in [0.25, 0.3) is 6.08 Å². The van der Waals surface area contributed by atoms with E-state index in [4.69, 9.17) is 4.74 Å². The van der Waals surface area contributed by atoms with Gasteiger partial charge < -0.3 is 14.8 Å². The lowest BCUT2D eigenvalue weighted by Gasteiger charge is -2.11. The molecular formula is C18H13F3N2O3. The molecule has 0 aliphatic rings. The zero-order valence-electron chi connectivity index (χ0n) is 13.5. The van der Waals surface area contributed by atoms with E-state index in [9.17, 15) is 23.2 Å². The number of para-hydroxylation sites is 1. The van der Waals surface area contributed by atoms with Crippen molar-refractivity contribution in [3.63, 3.8) is 0 Å². The fourth-order valence-corrected chi connectivity index (χ4v) is 2.02. The largest absolute Gasteiger partial charge is 0.573 e. The molecule has 0 spiro atoms. The zero-order valence-corrected chi connectivity index (χ0v) is 13.5. The third kappa shape index (κ3) is 5.27. The van der Waals surface area contributed by atoms with Crippen molar-refractivity contribution in [2.45, 2.75) is 6.36 Å². The van der Waals surface area contributed by atoms with Crippen LogP contribution in [-0.2, 0) is 4.79 Å². The highest BCUT2D eigenvalue weighted by Gasteiger charge is 2.31. The molecule has 2 aromatic carbocycles. The third-order valence-corrected chi connectivity index (χ3v) is 3.14. The van der Waals surface area contributed by atoms with E-state index >= 15 is 0 Å². The van der Waals surface area contributed by atoms with Crippen molar-refractivity contribution in [2.24, 2.45) is 0 Å². The zero-order chi connectivity index (χ0) is 19.2. The van der Waals surface area contributed by atoms with Crippen LogP contribution >= 0.6 is 0 Å². The van der Waals surface area contributed by atoms with Crippen LogP contribution in [0.3, 0.4) is 0 Å². The smallest absolute Gasteiger partial charge is 0.497 e. The molecule has 0 aromatic heterocycles. The lowest BCUT2D eigenvalue weighted by molar-refractivity contribution is -0.274. The standard InChI is InChI=1S/C18H13F3N2O3/c1-25-15-7-4-6-14(10-15)23-17(24)13(11-22)9-12-5-2-3-8-16(12)26-18(19,20)21/h2-10H,1H3,(H,23,24)/b13-9+. The van der Waals surface area contributed by atoms with Crippen LogP contribution < -0.4 is 14.8 Å². The number of amides is 1. The number of benzene rings is 2. The first-order valence-electron chi connectivity index (χ1n) is 7.24. The van der Waals surface area contributed by atoms with E-state index in [-0.39, 0.29) is 11.1 Å². The van der Waals surface area contributed by atoms with Crippen molar-refractivity contribution < 1.29 is 27.4 Å². The van der Waals surface area contributed by atoms with Gasteiger partial charge in [0.05, 0.1) is 7.11 Å². The van der Waals surface area contributed by atoms with Crippen molar-refractivity contribution in [3.8, 4) is 17.6 Å². The summed E-state index contributed by atoms with van der Waals surface area (Å²) in [4.78, 5) is 12.2. The lowest BCUT2D eigenvalue weighted by atomic mass is 10.1. The number of halogens is 3. The van der Waals surface area contributed by atoms with Gasteiger partial charge in [-0.2, -0.15) is 5.26 Å². The number of anilines is 1. The van der Waals surface area contributed by atoms with E-state index in [1.807, 2.05) is 0 Å². The second-order valence-electron chi connectivity index (χ2n) is 4.94. The highest BCUT2D eigenvalue weighted by molar-refractivity contribution is 6.09. The Morgan fingerprint density at radius 2 is 1.92 bits per heavy atom.